The Morgan fingerprint density at radius 3 is 2.65 bits per heavy atom. The van der Waals surface area contributed by atoms with Crippen LogP contribution >= 0.6 is 0 Å². The van der Waals surface area contributed by atoms with Crippen molar-refractivity contribution in [2.45, 2.75) is 31.4 Å². The minimum absolute atomic E-state index is 0.517. The van der Waals surface area contributed by atoms with Crippen LogP contribution in [0.25, 0.3) is 0 Å². The summed E-state index contributed by atoms with van der Waals surface area (Å²) < 4.78 is 11.4. The number of nitrogens with one attached hydrogen (secondary N) is 1. The quantitative estimate of drug-likeness (QED) is 0.732. The normalized spacial score (nSPS) is 18.0. The molecule has 90 valence electrons. The fraction of sp³-hybridized carbons (Fsp3) is 0.500. The van der Waals surface area contributed by atoms with E-state index in [-0.39, 0.29) is 0 Å². The summed E-state index contributed by atoms with van der Waals surface area (Å²) in [5, 5.41) is 3.31. The summed E-state index contributed by atoms with van der Waals surface area (Å²) in [7, 11) is 5.86. The summed E-state index contributed by atoms with van der Waals surface area (Å²) in [6, 6.07) is 6.72. The Morgan fingerprint density at radius 2 is 2.00 bits per heavy atom. The Hall–Kier alpha value is -1.09. The molecule has 1 N–H and O–H groups in total. The molecule has 0 saturated carbocycles. The second-order valence-corrected chi connectivity index (χ2v) is 4.98. The number of likely N-dealkylation sites (N-methyl/N-ethyl adjacent to an activating group) is 1. The first-order chi connectivity index (χ1) is 8.04. The lowest BCUT2D eigenvalue weighted by Crippen LogP contribution is -2.39. The van der Waals surface area contributed by atoms with Gasteiger partial charge in [0, 0.05) is 6.04 Å². The van der Waals surface area contributed by atoms with Crippen LogP contribution in [0.2, 0.25) is 0 Å². The second-order valence-electron chi connectivity index (χ2n) is 4.98. The Kier molecular flexibility index (Phi) is 3.38. The van der Waals surface area contributed by atoms with E-state index in [0.29, 0.717) is 6.04 Å². The third-order valence-corrected chi connectivity index (χ3v) is 3.10. The number of rotatable bonds is 4. The van der Waals surface area contributed by atoms with E-state index < -0.39 is 5.59 Å². The van der Waals surface area contributed by atoms with Crippen molar-refractivity contribution in [3.8, 4) is 11.5 Å². The van der Waals surface area contributed by atoms with Crippen molar-refractivity contribution < 1.29 is 9.47 Å². The Morgan fingerprint density at radius 1 is 1.29 bits per heavy atom. The molecule has 1 atom stereocenters. The number of hydrogen-bond acceptors (Lipinski definition) is 3. The van der Waals surface area contributed by atoms with E-state index in [4.69, 9.17) is 9.47 Å². The summed E-state index contributed by atoms with van der Waals surface area (Å²) in [5.74, 6) is 1.70. The lowest BCUT2D eigenvalue weighted by Gasteiger charge is -2.17. The summed E-state index contributed by atoms with van der Waals surface area (Å²) in [4.78, 5) is 0. The number of fused-ring (bicyclic) bond motifs is 1. The first-order valence-electron chi connectivity index (χ1n) is 6.22. The largest absolute Gasteiger partial charge is 0.467 e. The zero-order chi connectivity index (χ0) is 12.5. The molecular formula is C12H19B2NO2. The van der Waals surface area contributed by atoms with Gasteiger partial charge in [-0.3, -0.25) is 0 Å². The molecule has 0 radical (unpaired) electrons. The molecule has 5 heteroatoms. The van der Waals surface area contributed by atoms with Crippen LogP contribution in [0.5, 0.6) is 11.5 Å². The van der Waals surface area contributed by atoms with E-state index in [0.717, 1.165) is 24.3 Å². The Labute approximate surface area is 105 Å². The fourth-order valence-corrected chi connectivity index (χ4v) is 2.13. The maximum atomic E-state index is 5.74. The molecule has 0 saturated heterocycles. The summed E-state index contributed by atoms with van der Waals surface area (Å²) >= 11 is 0. The average Bonchev–Trinajstić information content (AvgIpc) is 2.58. The first kappa shape index (κ1) is 12.4. The third-order valence-electron chi connectivity index (χ3n) is 3.10. The van der Waals surface area contributed by atoms with E-state index in [1.165, 1.54) is 5.56 Å². The molecule has 1 aliphatic rings. The van der Waals surface area contributed by atoms with Gasteiger partial charge in [-0.15, -0.1) is 0 Å². The molecule has 0 aliphatic carbocycles. The number of benzene rings is 1. The van der Waals surface area contributed by atoms with Crippen molar-refractivity contribution in [3.05, 3.63) is 23.8 Å². The molecule has 0 spiro atoms. The molecule has 0 bridgehead atoms. The fourth-order valence-electron chi connectivity index (χ4n) is 2.13. The number of hydrogen-bond donors (Lipinski definition) is 1. The second kappa shape index (κ2) is 4.65. The van der Waals surface area contributed by atoms with Crippen LogP contribution in [0, 0.1) is 0 Å². The highest BCUT2D eigenvalue weighted by Gasteiger charge is 2.30. The highest BCUT2D eigenvalue weighted by molar-refractivity contribution is 6.38. The summed E-state index contributed by atoms with van der Waals surface area (Å²) in [6.45, 7) is 2.19. The van der Waals surface area contributed by atoms with Crippen LogP contribution in [-0.4, -0.2) is 34.4 Å². The van der Waals surface area contributed by atoms with Crippen LogP contribution < -0.4 is 14.8 Å². The highest BCUT2D eigenvalue weighted by Crippen LogP contribution is 2.37. The molecule has 1 heterocycles. The highest BCUT2D eigenvalue weighted by atomic mass is 16.7. The molecule has 0 fully saturated rings. The molecule has 0 aromatic heterocycles. The minimum atomic E-state index is -0.534. The standard InChI is InChI=1S/C12H19B2NO2/c1-3-9(15-2)6-8-4-5-10-11(7-8)17-12(13,14)16-10/h4-5,7,9,15H,3,6,13-14H2,1-2H3/t9-/m0/s1. The van der Waals surface area contributed by atoms with Gasteiger partial charge in [0.2, 0.25) is 0 Å². The zero-order valence-electron chi connectivity index (χ0n) is 11.0. The van der Waals surface area contributed by atoms with E-state index in [1.807, 2.05) is 28.8 Å². The van der Waals surface area contributed by atoms with E-state index in [1.54, 1.807) is 0 Å². The van der Waals surface area contributed by atoms with E-state index in [9.17, 15) is 0 Å². The van der Waals surface area contributed by atoms with Crippen molar-refractivity contribution >= 4 is 15.7 Å². The molecule has 2 rings (SSSR count). The van der Waals surface area contributed by atoms with Gasteiger partial charge in [0.05, 0.1) is 0 Å². The molecule has 3 nitrogen and oxygen atoms in total. The van der Waals surface area contributed by atoms with Gasteiger partial charge >= 0.3 is 0 Å². The first-order valence-corrected chi connectivity index (χ1v) is 6.22. The SMILES string of the molecule is BC1(B)Oc2ccc(C[C@H](CC)NC)cc2O1. The van der Waals surface area contributed by atoms with Crippen LogP contribution in [0.3, 0.4) is 0 Å². The van der Waals surface area contributed by atoms with Crippen molar-refractivity contribution in [2.75, 3.05) is 7.05 Å². The van der Waals surface area contributed by atoms with Crippen LogP contribution in [0.4, 0.5) is 0 Å². The molecule has 0 unspecified atom stereocenters. The van der Waals surface area contributed by atoms with Gasteiger partial charge in [0.25, 0.3) is 0 Å². The third kappa shape index (κ3) is 2.78. The van der Waals surface area contributed by atoms with Gasteiger partial charge in [-0.25, -0.2) is 0 Å². The van der Waals surface area contributed by atoms with Gasteiger partial charge in [-0.1, -0.05) is 13.0 Å². The van der Waals surface area contributed by atoms with Crippen molar-refractivity contribution in [1.82, 2.24) is 5.32 Å². The van der Waals surface area contributed by atoms with Crippen molar-refractivity contribution in [3.63, 3.8) is 0 Å². The molecule has 1 aromatic carbocycles. The molecule has 1 aromatic rings. The number of ether oxygens (including phenoxy) is 2. The minimum Gasteiger partial charge on any atom is -0.467 e. The lowest BCUT2D eigenvalue weighted by molar-refractivity contribution is 0.0833. The molecule has 0 amide bonds. The van der Waals surface area contributed by atoms with Gasteiger partial charge in [-0.05, 0) is 37.6 Å². The van der Waals surface area contributed by atoms with Gasteiger partial charge < -0.3 is 14.8 Å². The maximum absolute atomic E-state index is 5.74. The van der Waals surface area contributed by atoms with Crippen molar-refractivity contribution in [2.24, 2.45) is 0 Å². The van der Waals surface area contributed by atoms with Crippen LogP contribution in [0.1, 0.15) is 18.9 Å². The van der Waals surface area contributed by atoms with Crippen LogP contribution in [-0.2, 0) is 6.42 Å². The topological polar surface area (TPSA) is 30.5 Å². The summed E-state index contributed by atoms with van der Waals surface area (Å²) in [6.07, 6.45) is 2.14. The Bertz CT molecular complexity index is 405. The summed E-state index contributed by atoms with van der Waals surface area (Å²) in [5.41, 5.74) is 0.750. The van der Waals surface area contributed by atoms with Crippen molar-refractivity contribution in [1.29, 1.82) is 0 Å². The van der Waals surface area contributed by atoms with E-state index in [2.05, 4.69) is 24.4 Å². The van der Waals surface area contributed by atoms with Gasteiger partial charge in [-0.2, -0.15) is 0 Å². The van der Waals surface area contributed by atoms with Gasteiger partial charge in [0.1, 0.15) is 0 Å². The molecule has 1 aliphatic heterocycles. The van der Waals surface area contributed by atoms with Gasteiger partial charge in [0.15, 0.2) is 32.8 Å². The van der Waals surface area contributed by atoms with E-state index >= 15 is 0 Å². The predicted octanol–water partition coefficient (Wildman–Crippen LogP) is -0.124. The predicted molar refractivity (Wildman–Crippen MR) is 74.4 cm³/mol. The molecular weight excluding hydrogens is 212 g/mol. The average molecular weight is 231 g/mol. The Balaban J connectivity index is 2.13. The van der Waals surface area contributed by atoms with Crippen LogP contribution in [0.15, 0.2) is 18.2 Å². The monoisotopic (exact) mass is 231 g/mol. The lowest BCUT2D eigenvalue weighted by atomic mass is 9.76. The molecule has 17 heavy (non-hydrogen) atoms. The zero-order valence-corrected chi connectivity index (χ0v) is 11.0. The smallest absolute Gasteiger partial charge is 0.197 e. The maximum Gasteiger partial charge on any atom is 0.197 e.